The summed E-state index contributed by atoms with van der Waals surface area (Å²) < 4.78 is 13.1. The number of hydrogen-bond donors (Lipinski definition) is 1. The molecule has 0 aliphatic carbocycles. The van der Waals surface area contributed by atoms with E-state index in [-0.39, 0.29) is 16.4 Å². The molecule has 0 unspecified atom stereocenters. The zero-order chi connectivity index (χ0) is 14.6. The van der Waals surface area contributed by atoms with Gasteiger partial charge in [0.05, 0.1) is 5.02 Å². The molecule has 0 saturated carbocycles. The Morgan fingerprint density at radius 2 is 2.00 bits per heavy atom. The number of nitrogens with one attached hydrogen (secondary N) is 1. The van der Waals surface area contributed by atoms with Crippen molar-refractivity contribution in [2.75, 3.05) is 6.54 Å². The van der Waals surface area contributed by atoms with Gasteiger partial charge in [0.25, 0.3) is 0 Å². The van der Waals surface area contributed by atoms with E-state index in [1.54, 1.807) is 12.1 Å². The minimum Gasteiger partial charge on any atom is -0.308 e. The zero-order valence-corrected chi connectivity index (χ0v) is 13.1. The lowest BCUT2D eigenvalue weighted by Gasteiger charge is -2.23. The Labute approximate surface area is 120 Å². The topological polar surface area (TPSA) is 12.0 Å². The minimum atomic E-state index is -0.377. The first-order valence-corrected chi connectivity index (χ1v) is 6.97. The van der Waals surface area contributed by atoms with Crippen LogP contribution in [0.1, 0.15) is 40.2 Å². The Kier molecular flexibility index (Phi) is 5.57. The molecule has 1 aromatic rings. The highest BCUT2D eigenvalue weighted by molar-refractivity contribution is 6.30. The maximum Gasteiger partial charge on any atom is 0.141 e. The molecule has 0 radical (unpaired) electrons. The molecule has 1 N–H and O–H groups in total. The van der Waals surface area contributed by atoms with Crippen LogP contribution in [0.4, 0.5) is 4.39 Å². The minimum absolute atomic E-state index is 0.0778. The molecule has 0 spiro atoms. The van der Waals surface area contributed by atoms with Gasteiger partial charge in [-0.05, 0) is 44.4 Å². The highest BCUT2D eigenvalue weighted by Crippen LogP contribution is 2.20. The maximum absolute atomic E-state index is 13.1. The highest BCUT2D eigenvalue weighted by atomic mass is 35.5. The molecule has 0 heterocycles. The van der Waals surface area contributed by atoms with Gasteiger partial charge in [0.1, 0.15) is 5.82 Å². The van der Waals surface area contributed by atoms with Crippen LogP contribution in [0.2, 0.25) is 5.02 Å². The first-order chi connectivity index (χ1) is 8.69. The van der Waals surface area contributed by atoms with Crippen LogP contribution >= 0.6 is 11.6 Å². The summed E-state index contributed by atoms with van der Waals surface area (Å²) in [5.74, 6) is 0.0522. The Morgan fingerprint density at radius 3 is 2.47 bits per heavy atom. The maximum atomic E-state index is 13.1. The van der Waals surface area contributed by atoms with E-state index in [0.29, 0.717) is 5.92 Å². The van der Waals surface area contributed by atoms with Crippen LogP contribution in [0.25, 0.3) is 6.08 Å². The molecule has 1 nitrogen and oxygen atoms in total. The summed E-state index contributed by atoms with van der Waals surface area (Å²) in [6.45, 7) is 11.5. The van der Waals surface area contributed by atoms with Gasteiger partial charge in [-0.25, -0.2) is 4.39 Å². The lowest BCUT2D eigenvalue weighted by Crippen LogP contribution is -2.37. The quantitative estimate of drug-likeness (QED) is 0.828. The molecule has 0 bridgehead atoms. The average Bonchev–Trinajstić information content (AvgIpc) is 2.27. The molecule has 0 saturated heterocycles. The molecular formula is C16H23ClFN. The molecule has 1 rings (SSSR count). The average molecular weight is 284 g/mol. The smallest absolute Gasteiger partial charge is 0.141 e. The fraction of sp³-hybridized carbons (Fsp3) is 0.500. The number of benzene rings is 1. The van der Waals surface area contributed by atoms with Crippen molar-refractivity contribution in [3.8, 4) is 0 Å². The van der Waals surface area contributed by atoms with Crippen molar-refractivity contribution in [3.05, 3.63) is 40.2 Å². The standard InChI is InChI=1S/C16H23ClFN/c1-11(2)13(10-19-16(3,4)5)8-12-6-7-15(18)14(17)9-12/h6-9,11,19H,10H2,1-5H3/b13-8+. The largest absolute Gasteiger partial charge is 0.308 e. The van der Waals surface area contributed by atoms with Gasteiger partial charge in [-0.15, -0.1) is 0 Å². The lowest BCUT2D eigenvalue weighted by molar-refractivity contribution is 0.437. The van der Waals surface area contributed by atoms with Gasteiger partial charge in [0.15, 0.2) is 0 Å². The van der Waals surface area contributed by atoms with Crippen LogP contribution in [0, 0.1) is 11.7 Å². The molecule has 19 heavy (non-hydrogen) atoms. The fourth-order valence-corrected chi connectivity index (χ4v) is 1.79. The van der Waals surface area contributed by atoms with E-state index in [1.165, 1.54) is 11.6 Å². The molecule has 0 aromatic heterocycles. The van der Waals surface area contributed by atoms with E-state index in [2.05, 4.69) is 46.0 Å². The van der Waals surface area contributed by atoms with Gasteiger partial charge < -0.3 is 5.32 Å². The van der Waals surface area contributed by atoms with Gasteiger partial charge in [0.2, 0.25) is 0 Å². The molecule has 3 heteroatoms. The number of hydrogen-bond acceptors (Lipinski definition) is 1. The second-order valence-corrected chi connectivity index (χ2v) is 6.56. The highest BCUT2D eigenvalue weighted by Gasteiger charge is 2.11. The Balaban J connectivity index is 2.91. The van der Waals surface area contributed by atoms with Crippen molar-refractivity contribution in [1.82, 2.24) is 5.32 Å². The van der Waals surface area contributed by atoms with Crippen LogP contribution in [0.5, 0.6) is 0 Å². The summed E-state index contributed by atoms with van der Waals surface area (Å²) >= 11 is 5.81. The van der Waals surface area contributed by atoms with Gasteiger partial charge in [-0.3, -0.25) is 0 Å². The first kappa shape index (κ1) is 16.2. The summed E-state index contributed by atoms with van der Waals surface area (Å²) in [7, 11) is 0. The Hall–Kier alpha value is -0.860. The molecule has 0 aliphatic heterocycles. The molecule has 0 atom stereocenters. The third-order valence-corrected chi connectivity index (χ3v) is 3.15. The van der Waals surface area contributed by atoms with E-state index in [0.717, 1.165) is 12.1 Å². The van der Waals surface area contributed by atoms with E-state index in [4.69, 9.17) is 11.6 Å². The molecule has 0 aliphatic rings. The second kappa shape index (κ2) is 6.53. The van der Waals surface area contributed by atoms with Crippen molar-refractivity contribution < 1.29 is 4.39 Å². The van der Waals surface area contributed by atoms with Crippen LogP contribution in [0.15, 0.2) is 23.8 Å². The van der Waals surface area contributed by atoms with E-state index < -0.39 is 0 Å². The van der Waals surface area contributed by atoms with Gasteiger partial charge in [0, 0.05) is 12.1 Å². The second-order valence-electron chi connectivity index (χ2n) is 6.15. The van der Waals surface area contributed by atoms with Crippen molar-refractivity contribution >= 4 is 17.7 Å². The van der Waals surface area contributed by atoms with E-state index in [1.807, 2.05) is 0 Å². The Bertz CT molecular complexity index is 458. The van der Waals surface area contributed by atoms with Crippen molar-refractivity contribution in [2.24, 2.45) is 5.92 Å². The van der Waals surface area contributed by atoms with Gasteiger partial charge >= 0.3 is 0 Å². The number of halogens is 2. The zero-order valence-electron chi connectivity index (χ0n) is 12.3. The summed E-state index contributed by atoms with van der Waals surface area (Å²) in [5, 5.41) is 3.64. The fourth-order valence-electron chi connectivity index (χ4n) is 1.61. The van der Waals surface area contributed by atoms with Crippen LogP contribution < -0.4 is 5.32 Å². The molecule has 106 valence electrons. The normalized spacial score (nSPS) is 13.2. The monoisotopic (exact) mass is 283 g/mol. The molecule has 1 aromatic carbocycles. The van der Waals surface area contributed by atoms with Crippen LogP contribution in [-0.2, 0) is 0 Å². The van der Waals surface area contributed by atoms with Gasteiger partial charge in [-0.1, -0.05) is 43.2 Å². The predicted octanol–water partition coefficient (Wildman–Crippen LogP) is 4.91. The Morgan fingerprint density at radius 1 is 1.37 bits per heavy atom. The van der Waals surface area contributed by atoms with Gasteiger partial charge in [-0.2, -0.15) is 0 Å². The first-order valence-electron chi connectivity index (χ1n) is 6.59. The summed E-state index contributed by atoms with van der Waals surface area (Å²) in [5.41, 5.74) is 2.29. The lowest BCUT2D eigenvalue weighted by atomic mass is 9.98. The third kappa shape index (κ3) is 5.75. The van der Waals surface area contributed by atoms with Crippen molar-refractivity contribution in [2.45, 2.75) is 40.2 Å². The number of rotatable bonds is 4. The molecule has 0 fully saturated rings. The predicted molar refractivity (Wildman–Crippen MR) is 82.0 cm³/mol. The van der Waals surface area contributed by atoms with Crippen molar-refractivity contribution in [1.29, 1.82) is 0 Å². The van der Waals surface area contributed by atoms with E-state index >= 15 is 0 Å². The third-order valence-electron chi connectivity index (χ3n) is 2.86. The summed E-state index contributed by atoms with van der Waals surface area (Å²) in [6.07, 6.45) is 2.08. The van der Waals surface area contributed by atoms with Crippen LogP contribution in [-0.4, -0.2) is 12.1 Å². The van der Waals surface area contributed by atoms with Crippen LogP contribution in [0.3, 0.4) is 0 Å². The molecular weight excluding hydrogens is 261 g/mol. The summed E-state index contributed by atoms with van der Waals surface area (Å²) in [4.78, 5) is 0. The van der Waals surface area contributed by atoms with Crippen molar-refractivity contribution in [3.63, 3.8) is 0 Å². The molecule has 0 amide bonds. The summed E-state index contributed by atoms with van der Waals surface area (Å²) in [6, 6.07) is 4.82. The SMILES string of the molecule is CC(C)/C(=C/c1ccc(F)c(Cl)c1)CNC(C)(C)C. The van der Waals surface area contributed by atoms with E-state index in [9.17, 15) is 4.39 Å².